The van der Waals surface area contributed by atoms with Crippen LogP contribution in [-0.4, -0.2) is 21.2 Å². The second-order valence-electron chi connectivity index (χ2n) is 4.87. The molecule has 2 heterocycles. The summed E-state index contributed by atoms with van der Waals surface area (Å²) in [5.41, 5.74) is 0.353. The van der Waals surface area contributed by atoms with E-state index in [1.807, 2.05) is 0 Å². The lowest BCUT2D eigenvalue weighted by Crippen LogP contribution is -2.26. The van der Waals surface area contributed by atoms with Crippen molar-refractivity contribution in [2.24, 2.45) is 0 Å². The highest BCUT2D eigenvalue weighted by atomic mass is 16.6. The minimum Gasteiger partial charge on any atom is -0.443 e. The Hall–Kier alpha value is -2.35. The molecule has 0 bridgehead atoms. The quantitative estimate of drug-likeness (QED) is 0.713. The van der Waals surface area contributed by atoms with E-state index >= 15 is 0 Å². The molecule has 5 nitrogen and oxygen atoms in total. The van der Waals surface area contributed by atoms with Crippen molar-refractivity contribution in [3.63, 3.8) is 0 Å². The van der Waals surface area contributed by atoms with Crippen LogP contribution < -0.4 is 0 Å². The second kappa shape index (κ2) is 4.15. The minimum atomic E-state index is -0.569. The van der Waals surface area contributed by atoms with Crippen molar-refractivity contribution >= 4 is 17.1 Å². The van der Waals surface area contributed by atoms with Crippen molar-refractivity contribution in [2.75, 3.05) is 0 Å². The molecule has 0 spiro atoms. The second-order valence-corrected chi connectivity index (χ2v) is 4.87. The maximum absolute atomic E-state index is 12.0. The van der Waals surface area contributed by atoms with Crippen molar-refractivity contribution in [1.29, 1.82) is 5.26 Å². The molecule has 18 heavy (non-hydrogen) atoms. The van der Waals surface area contributed by atoms with Gasteiger partial charge in [0.1, 0.15) is 5.60 Å². The van der Waals surface area contributed by atoms with Gasteiger partial charge in [-0.25, -0.2) is 14.3 Å². The third-order valence-electron chi connectivity index (χ3n) is 2.30. The number of pyridine rings is 1. The Morgan fingerprint density at radius 3 is 2.78 bits per heavy atom. The molecule has 0 aliphatic rings. The number of aromatic nitrogens is 2. The van der Waals surface area contributed by atoms with Crippen molar-refractivity contribution < 1.29 is 9.53 Å². The van der Waals surface area contributed by atoms with Gasteiger partial charge in [0, 0.05) is 17.8 Å². The molecule has 0 atom stereocenters. The van der Waals surface area contributed by atoms with Gasteiger partial charge in [-0.3, -0.25) is 0 Å². The molecule has 0 saturated carbocycles. The summed E-state index contributed by atoms with van der Waals surface area (Å²) in [6.45, 7) is 5.39. The number of carbonyl (C=O) groups excluding carboxylic acids is 1. The van der Waals surface area contributed by atoms with E-state index < -0.39 is 11.7 Å². The molecular weight excluding hydrogens is 230 g/mol. The molecule has 2 aromatic rings. The fraction of sp³-hybridized carbons (Fsp3) is 0.308. The van der Waals surface area contributed by atoms with Crippen molar-refractivity contribution in [1.82, 2.24) is 9.55 Å². The van der Waals surface area contributed by atoms with E-state index in [0.717, 1.165) is 0 Å². The monoisotopic (exact) mass is 243 g/mol. The van der Waals surface area contributed by atoms with Crippen LogP contribution in [0.1, 0.15) is 26.3 Å². The fourth-order valence-corrected chi connectivity index (χ4v) is 1.59. The number of nitrogens with zero attached hydrogens (tertiary/aromatic N) is 3. The van der Waals surface area contributed by atoms with E-state index in [-0.39, 0.29) is 0 Å². The molecule has 0 aliphatic heterocycles. The van der Waals surface area contributed by atoms with Crippen LogP contribution in [-0.2, 0) is 4.74 Å². The molecule has 0 unspecified atom stereocenters. The van der Waals surface area contributed by atoms with Gasteiger partial charge in [0.15, 0.2) is 5.65 Å². The lowest BCUT2D eigenvalue weighted by molar-refractivity contribution is 0.0543. The van der Waals surface area contributed by atoms with Gasteiger partial charge in [0.25, 0.3) is 0 Å². The number of hydrogen-bond donors (Lipinski definition) is 0. The number of nitriles is 1. The molecule has 92 valence electrons. The van der Waals surface area contributed by atoms with Crippen molar-refractivity contribution in [2.45, 2.75) is 26.4 Å². The van der Waals surface area contributed by atoms with Crippen LogP contribution >= 0.6 is 0 Å². The molecule has 0 radical (unpaired) electrons. The van der Waals surface area contributed by atoms with Crippen molar-refractivity contribution in [3.8, 4) is 6.07 Å². The summed E-state index contributed by atoms with van der Waals surface area (Å²) in [7, 11) is 0. The van der Waals surface area contributed by atoms with Crippen LogP contribution in [0.4, 0.5) is 4.79 Å². The molecule has 2 aromatic heterocycles. The summed E-state index contributed by atoms with van der Waals surface area (Å²) < 4.78 is 6.57. The minimum absolute atomic E-state index is 0.434. The summed E-state index contributed by atoms with van der Waals surface area (Å²) in [6, 6.07) is 5.36. The molecule has 0 aromatic carbocycles. The lowest BCUT2D eigenvalue weighted by Gasteiger charge is -2.19. The molecule has 5 heteroatoms. The van der Waals surface area contributed by atoms with E-state index in [1.165, 1.54) is 10.8 Å². The first-order valence-corrected chi connectivity index (χ1v) is 5.52. The maximum Gasteiger partial charge on any atom is 0.420 e. The van der Waals surface area contributed by atoms with E-state index in [4.69, 9.17) is 10.00 Å². The number of ether oxygens (including phenoxy) is 1. The SMILES string of the molecule is CC(C)(C)OC(=O)n1ccc2c(C#N)ccnc21. The third-order valence-corrected chi connectivity index (χ3v) is 2.30. The van der Waals surface area contributed by atoms with E-state index in [2.05, 4.69) is 11.1 Å². The number of hydrogen-bond acceptors (Lipinski definition) is 4. The Morgan fingerprint density at radius 1 is 1.44 bits per heavy atom. The average molecular weight is 243 g/mol. The predicted octanol–water partition coefficient (Wildman–Crippen LogP) is 2.69. The van der Waals surface area contributed by atoms with Crippen molar-refractivity contribution in [3.05, 3.63) is 30.1 Å². The van der Waals surface area contributed by atoms with Crippen LogP contribution in [0, 0.1) is 11.3 Å². The summed E-state index contributed by atoms with van der Waals surface area (Å²) in [5, 5.41) is 9.61. The standard InChI is InChI=1S/C13H13N3O2/c1-13(2,3)18-12(17)16-7-5-10-9(8-14)4-6-15-11(10)16/h4-7H,1-3H3. The molecule has 0 aliphatic carbocycles. The molecule has 0 N–H and O–H groups in total. The molecule has 0 saturated heterocycles. The Kier molecular flexibility index (Phi) is 2.79. The van der Waals surface area contributed by atoms with Gasteiger partial charge in [0.05, 0.1) is 11.6 Å². The Labute approximate surface area is 105 Å². The third kappa shape index (κ3) is 2.18. The van der Waals surface area contributed by atoms with Gasteiger partial charge in [-0.1, -0.05) is 0 Å². The molecular formula is C13H13N3O2. The Morgan fingerprint density at radius 2 is 2.17 bits per heavy atom. The van der Waals surface area contributed by atoms with Crippen LogP contribution in [0.15, 0.2) is 24.5 Å². The Balaban J connectivity index is 2.48. The maximum atomic E-state index is 12.0. The van der Waals surface area contributed by atoms with Gasteiger partial charge in [-0.05, 0) is 32.9 Å². The number of carbonyl (C=O) groups is 1. The first-order chi connectivity index (χ1) is 8.42. The van der Waals surface area contributed by atoms with E-state index in [9.17, 15) is 4.79 Å². The fourth-order valence-electron chi connectivity index (χ4n) is 1.59. The average Bonchev–Trinajstić information content (AvgIpc) is 2.69. The molecule has 2 rings (SSSR count). The number of fused-ring (bicyclic) bond motifs is 1. The van der Waals surface area contributed by atoms with E-state index in [0.29, 0.717) is 16.6 Å². The topological polar surface area (TPSA) is 67.9 Å². The highest BCUT2D eigenvalue weighted by molar-refractivity contribution is 5.90. The summed E-state index contributed by atoms with van der Waals surface area (Å²) in [4.78, 5) is 16.1. The smallest absolute Gasteiger partial charge is 0.420 e. The van der Waals surface area contributed by atoms with Gasteiger partial charge in [0.2, 0.25) is 0 Å². The highest BCUT2D eigenvalue weighted by Crippen LogP contribution is 2.19. The zero-order chi connectivity index (χ0) is 13.3. The van der Waals surface area contributed by atoms with Gasteiger partial charge >= 0.3 is 6.09 Å². The van der Waals surface area contributed by atoms with E-state index in [1.54, 1.807) is 39.1 Å². The Bertz CT molecular complexity index is 644. The first-order valence-electron chi connectivity index (χ1n) is 5.52. The number of rotatable bonds is 0. The van der Waals surface area contributed by atoms with Gasteiger partial charge in [-0.2, -0.15) is 5.26 Å². The molecule has 0 fully saturated rings. The normalized spacial score (nSPS) is 11.2. The highest BCUT2D eigenvalue weighted by Gasteiger charge is 2.19. The lowest BCUT2D eigenvalue weighted by atomic mass is 10.2. The van der Waals surface area contributed by atoms with Crippen LogP contribution in [0.3, 0.4) is 0 Å². The van der Waals surface area contributed by atoms with Crippen LogP contribution in [0.5, 0.6) is 0 Å². The largest absolute Gasteiger partial charge is 0.443 e. The summed E-state index contributed by atoms with van der Waals surface area (Å²) >= 11 is 0. The molecule has 0 amide bonds. The summed E-state index contributed by atoms with van der Waals surface area (Å²) in [6.07, 6.45) is 2.56. The van der Waals surface area contributed by atoms with Crippen LogP contribution in [0.2, 0.25) is 0 Å². The predicted molar refractivity (Wildman–Crippen MR) is 66.1 cm³/mol. The zero-order valence-electron chi connectivity index (χ0n) is 10.5. The zero-order valence-corrected chi connectivity index (χ0v) is 10.5. The van der Waals surface area contributed by atoms with Crippen LogP contribution in [0.25, 0.3) is 11.0 Å². The van der Waals surface area contributed by atoms with Gasteiger partial charge < -0.3 is 4.74 Å². The van der Waals surface area contributed by atoms with Gasteiger partial charge in [-0.15, -0.1) is 0 Å². The summed E-state index contributed by atoms with van der Waals surface area (Å²) in [5.74, 6) is 0. The first kappa shape index (κ1) is 12.1.